The normalized spacial score (nSPS) is 11.5. The van der Waals surface area contributed by atoms with E-state index in [-0.39, 0.29) is 10.9 Å². The van der Waals surface area contributed by atoms with Crippen LogP contribution in [0.5, 0.6) is 5.75 Å². The molecule has 2 rings (SSSR count). The van der Waals surface area contributed by atoms with Crippen molar-refractivity contribution in [2.75, 3.05) is 0 Å². The summed E-state index contributed by atoms with van der Waals surface area (Å²) in [7, 11) is 0. The summed E-state index contributed by atoms with van der Waals surface area (Å²) in [5, 5.41) is 9.51. The molecular weight excluding hydrogens is 261 g/mol. The van der Waals surface area contributed by atoms with Crippen molar-refractivity contribution in [2.24, 2.45) is 0 Å². The van der Waals surface area contributed by atoms with E-state index in [1.165, 1.54) is 12.1 Å². The Morgan fingerprint density at radius 3 is 2.47 bits per heavy atom. The van der Waals surface area contributed by atoms with Crippen LogP contribution >= 0.6 is 0 Å². The van der Waals surface area contributed by atoms with E-state index in [4.69, 9.17) is 5.11 Å². The minimum atomic E-state index is -4.86. The molecule has 1 N–H and O–H groups in total. The molecule has 0 aromatic heterocycles. The number of carbonyl (C=O) groups is 1. The molecule has 0 radical (unpaired) electrons. The second-order valence-electron chi connectivity index (χ2n) is 3.89. The van der Waals surface area contributed by atoms with Crippen molar-refractivity contribution in [3.63, 3.8) is 0 Å². The number of carboxylic acid groups (broad SMARTS) is 1. The van der Waals surface area contributed by atoms with Crippen LogP contribution in [-0.2, 0) is 11.2 Å². The van der Waals surface area contributed by atoms with E-state index in [1.807, 2.05) is 0 Å². The molecule has 6 heteroatoms. The lowest BCUT2D eigenvalue weighted by Gasteiger charge is -2.15. The number of ether oxygens (including phenoxy) is 1. The molecule has 0 saturated heterocycles. The van der Waals surface area contributed by atoms with Crippen molar-refractivity contribution in [2.45, 2.75) is 12.8 Å². The fraction of sp³-hybridized carbons (Fsp3) is 0.154. The summed E-state index contributed by atoms with van der Waals surface area (Å²) >= 11 is 0. The van der Waals surface area contributed by atoms with Gasteiger partial charge in [-0.25, -0.2) is 0 Å². The molecule has 0 aliphatic heterocycles. The Balaban J connectivity index is 2.60. The van der Waals surface area contributed by atoms with Crippen LogP contribution in [0.1, 0.15) is 5.56 Å². The smallest absolute Gasteiger partial charge is 0.481 e. The van der Waals surface area contributed by atoms with Crippen molar-refractivity contribution in [1.29, 1.82) is 0 Å². The van der Waals surface area contributed by atoms with E-state index in [2.05, 4.69) is 4.74 Å². The van der Waals surface area contributed by atoms with Crippen LogP contribution in [0.2, 0.25) is 0 Å². The minimum absolute atomic E-state index is 0.0106. The van der Waals surface area contributed by atoms with Gasteiger partial charge in [0.05, 0.1) is 6.42 Å². The highest BCUT2D eigenvalue weighted by atomic mass is 19.4. The monoisotopic (exact) mass is 270 g/mol. The summed E-state index contributed by atoms with van der Waals surface area (Å²) in [5.41, 5.74) is -0.0106. The fourth-order valence-corrected chi connectivity index (χ4v) is 1.83. The van der Waals surface area contributed by atoms with Crippen LogP contribution in [0, 0.1) is 0 Å². The number of aliphatic carboxylic acids is 1. The zero-order valence-electron chi connectivity index (χ0n) is 9.57. The molecule has 19 heavy (non-hydrogen) atoms. The van der Waals surface area contributed by atoms with Gasteiger partial charge in [-0.3, -0.25) is 4.79 Å². The van der Waals surface area contributed by atoms with Crippen LogP contribution in [0.3, 0.4) is 0 Å². The molecule has 0 fully saturated rings. The third kappa shape index (κ3) is 3.15. The number of rotatable bonds is 3. The molecule has 3 nitrogen and oxygen atoms in total. The SMILES string of the molecule is O=C(O)Cc1ccc2ccccc2c1OC(F)(F)F. The van der Waals surface area contributed by atoms with E-state index in [0.717, 1.165) is 0 Å². The Morgan fingerprint density at radius 2 is 1.84 bits per heavy atom. The summed E-state index contributed by atoms with van der Waals surface area (Å²) in [6.07, 6.45) is -5.40. The Hall–Kier alpha value is -2.24. The number of halogens is 3. The first-order valence-electron chi connectivity index (χ1n) is 5.35. The predicted molar refractivity (Wildman–Crippen MR) is 62.0 cm³/mol. The lowest BCUT2D eigenvalue weighted by Crippen LogP contribution is -2.19. The van der Waals surface area contributed by atoms with Crippen LogP contribution in [0.4, 0.5) is 13.2 Å². The van der Waals surface area contributed by atoms with Crippen molar-refractivity contribution in [3.05, 3.63) is 42.0 Å². The van der Waals surface area contributed by atoms with E-state index >= 15 is 0 Å². The van der Waals surface area contributed by atoms with Gasteiger partial charge in [-0.2, -0.15) is 0 Å². The molecule has 2 aromatic carbocycles. The van der Waals surface area contributed by atoms with E-state index < -0.39 is 24.5 Å². The number of benzene rings is 2. The van der Waals surface area contributed by atoms with Crippen molar-refractivity contribution in [1.82, 2.24) is 0 Å². The highest BCUT2D eigenvalue weighted by Crippen LogP contribution is 2.34. The largest absolute Gasteiger partial charge is 0.573 e. The maximum Gasteiger partial charge on any atom is 0.573 e. The molecule has 100 valence electrons. The predicted octanol–water partition coefficient (Wildman–Crippen LogP) is 3.37. The molecule has 2 aromatic rings. The second kappa shape index (κ2) is 4.79. The van der Waals surface area contributed by atoms with Gasteiger partial charge >= 0.3 is 12.3 Å². The summed E-state index contributed by atoms with van der Waals surface area (Å²) < 4.78 is 41.2. The van der Waals surface area contributed by atoms with Gasteiger partial charge in [0.1, 0.15) is 5.75 Å². The first kappa shape index (κ1) is 13.2. The standard InChI is InChI=1S/C13H9F3O3/c14-13(15,16)19-12-9(7-11(17)18)6-5-8-3-1-2-4-10(8)12/h1-6H,7H2,(H,17,18). The Morgan fingerprint density at radius 1 is 1.16 bits per heavy atom. The van der Waals surface area contributed by atoms with E-state index in [9.17, 15) is 18.0 Å². The first-order chi connectivity index (χ1) is 8.87. The lowest BCUT2D eigenvalue weighted by atomic mass is 10.0. The highest BCUT2D eigenvalue weighted by molar-refractivity contribution is 5.90. The molecule has 0 saturated carbocycles. The summed E-state index contributed by atoms with van der Waals surface area (Å²) in [4.78, 5) is 10.7. The van der Waals surface area contributed by atoms with Gasteiger partial charge < -0.3 is 9.84 Å². The van der Waals surface area contributed by atoms with Gasteiger partial charge in [-0.15, -0.1) is 13.2 Å². The van der Waals surface area contributed by atoms with Gasteiger partial charge in [0, 0.05) is 10.9 Å². The molecule has 0 spiro atoms. The van der Waals surface area contributed by atoms with E-state index in [1.54, 1.807) is 24.3 Å². The molecule has 0 amide bonds. The van der Waals surface area contributed by atoms with Crippen LogP contribution in [0.15, 0.2) is 36.4 Å². The van der Waals surface area contributed by atoms with Crippen molar-refractivity contribution < 1.29 is 27.8 Å². The summed E-state index contributed by atoms with van der Waals surface area (Å²) in [6.45, 7) is 0. The zero-order valence-corrected chi connectivity index (χ0v) is 9.57. The third-order valence-corrected chi connectivity index (χ3v) is 2.52. The topological polar surface area (TPSA) is 46.5 Å². The highest BCUT2D eigenvalue weighted by Gasteiger charge is 2.33. The molecule has 0 heterocycles. The van der Waals surface area contributed by atoms with Gasteiger partial charge in [0.25, 0.3) is 0 Å². The molecule has 0 unspecified atom stereocenters. The first-order valence-corrected chi connectivity index (χ1v) is 5.35. The van der Waals surface area contributed by atoms with Crippen molar-refractivity contribution >= 4 is 16.7 Å². The summed E-state index contributed by atoms with van der Waals surface area (Å²) in [5.74, 6) is -1.67. The Kier molecular flexibility index (Phi) is 3.33. The zero-order chi connectivity index (χ0) is 14.0. The van der Waals surface area contributed by atoms with Crippen molar-refractivity contribution in [3.8, 4) is 5.75 Å². The van der Waals surface area contributed by atoms with Crippen LogP contribution < -0.4 is 4.74 Å². The van der Waals surface area contributed by atoms with Crippen LogP contribution in [0.25, 0.3) is 10.8 Å². The quantitative estimate of drug-likeness (QED) is 0.930. The lowest BCUT2D eigenvalue weighted by molar-refractivity contribution is -0.274. The number of hydrogen-bond acceptors (Lipinski definition) is 2. The Bertz CT molecular complexity index is 620. The maximum atomic E-state index is 12.4. The second-order valence-corrected chi connectivity index (χ2v) is 3.89. The van der Waals surface area contributed by atoms with Gasteiger partial charge in [0.2, 0.25) is 0 Å². The maximum absolute atomic E-state index is 12.4. The van der Waals surface area contributed by atoms with E-state index in [0.29, 0.717) is 5.39 Å². The molecule has 0 aliphatic carbocycles. The average molecular weight is 270 g/mol. The average Bonchev–Trinajstić information content (AvgIpc) is 2.30. The Labute approximate surface area is 106 Å². The fourth-order valence-electron chi connectivity index (χ4n) is 1.83. The van der Waals surface area contributed by atoms with Gasteiger partial charge in [0.15, 0.2) is 0 Å². The molecular formula is C13H9F3O3. The molecule has 0 atom stereocenters. The van der Waals surface area contributed by atoms with Gasteiger partial charge in [-0.1, -0.05) is 36.4 Å². The number of fused-ring (bicyclic) bond motifs is 1. The molecule has 0 bridgehead atoms. The third-order valence-electron chi connectivity index (χ3n) is 2.52. The number of alkyl halides is 3. The van der Waals surface area contributed by atoms with Crippen LogP contribution in [-0.4, -0.2) is 17.4 Å². The minimum Gasteiger partial charge on any atom is -0.481 e. The summed E-state index contributed by atoms with van der Waals surface area (Å²) in [6, 6.07) is 9.23. The molecule has 0 aliphatic rings. The van der Waals surface area contributed by atoms with Gasteiger partial charge in [-0.05, 0) is 5.39 Å². The number of hydrogen-bond donors (Lipinski definition) is 1. The number of carboxylic acids is 1.